The van der Waals surface area contributed by atoms with Crippen molar-refractivity contribution in [1.82, 2.24) is 20.1 Å². The van der Waals surface area contributed by atoms with Gasteiger partial charge in [0, 0.05) is 25.7 Å². The maximum Gasteiger partial charge on any atom is 0.347 e. The lowest BCUT2D eigenvalue weighted by atomic mass is 10.1. The SMILES string of the molecule is Cc1cccc2nc(C3=C(N4CCC(N(C)C)C4)NCC=C3)oc(=O)c12. The molecule has 1 aromatic heterocycles. The monoisotopic (exact) mass is 352 g/mol. The molecule has 2 aromatic rings. The summed E-state index contributed by atoms with van der Waals surface area (Å²) in [4.78, 5) is 21.8. The highest BCUT2D eigenvalue weighted by atomic mass is 16.4. The number of benzene rings is 1. The van der Waals surface area contributed by atoms with E-state index < -0.39 is 0 Å². The van der Waals surface area contributed by atoms with E-state index in [1.165, 1.54) is 0 Å². The zero-order chi connectivity index (χ0) is 18.3. The maximum atomic E-state index is 12.5. The Morgan fingerprint density at radius 1 is 1.35 bits per heavy atom. The molecule has 1 fully saturated rings. The lowest BCUT2D eigenvalue weighted by molar-refractivity contribution is 0.286. The fourth-order valence-corrected chi connectivity index (χ4v) is 3.72. The van der Waals surface area contributed by atoms with Gasteiger partial charge in [-0.25, -0.2) is 9.78 Å². The van der Waals surface area contributed by atoms with Crippen LogP contribution >= 0.6 is 0 Å². The largest absolute Gasteiger partial charge is 0.403 e. The summed E-state index contributed by atoms with van der Waals surface area (Å²) >= 11 is 0. The number of likely N-dealkylation sites (N-methyl/N-ethyl adjacent to an activating group) is 1. The van der Waals surface area contributed by atoms with E-state index >= 15 is 0 Å². The minimum absolute atomic E-state index is 0.332. The molecule has 1 atom stereocenters. The van der Waals surface area contributed by atoms with Crippen molar-refractivity contribution in [2.45, 2.75) is 19.4 Å². The molecule has 0 amide bonds. The Bertz CT molecular complexity index is 958. The number of dihydropyridines is 1. The predicted octanol–water partition coefficient (Wildman–Crippen LogP) is 1.96. The summed E-state index contributed by atoms with van der Waals surface area (Å²) in [7, 11) is 4.23. The zero-order valence-corrected chi connectivity index (χ0v) is 15.5. The highest BCUT2D eigenvalue weighted by Crippen LogP contribution is 2.27. The van der Waals surface area contributed by atoms with Crippen molar-refractivity contribution in [2.24, 2.45) is 0 Å². The molecule has 4 rings (SSSR count). The van der Waals surface area contributed by atoms with E-state index in [1.807, 2.05) is 37.3 Å². The number of nitrogens with one attached hydrogen (secondary N) is 1. The van der Waals surface area contributed by atoms with Gasteiger partial charge in [0.15, 0.2) is 0 Å². The van der Waals surface area contributed by atoms with Crippen molar-refractivity contribution < 1.29 is 4.42 Å². The Morgan fingerprint density at radius 3 is 2.96 bits per heavy atom. The highest BCUT2D eigenvalue weighted by Gasteiger charge is 2.28. The van der Waals surface area contributed by atoms with Gasteiger partial charge in [0.1, 0.15) is 5.82 Å². The van der Waals surface area contributed by atoms with Crippen LogP contribution < -0.4 is 10.9 Å². The Labute approximate surface area is 152 Å². The van der Waals surface area contributed by atoms with Gasteiger partial charge in [-0.1, -0.05) is 18.2 Å². The number of aromatic nitrogens is 1. The summed E-state index contributed by atoms with van der Waals surface area (Å²) in [5, 5.41) is 4.00. The molecule has 0 aliphatic carbocycles. The topological polar surface area (TPSA) is 61.6 Å². The molecule has 1 N–H and O–H groups in total. The Morgan fingerprint density at radius 2 is 2.19 bits per heavy atom. The smallest absolute Gasteiger partial charge is 0.347 e. The van der Waals surface area contributed by atoms with Crippen LogP contribution in [-0.2, 0) is 0 Å². The Hall–Kier alpha value is -2.60. The summed E-state index contributed by atoms with van der Waals surface area (Å²) in [5.41, 5.74) is 2.07. The van der Waals surface area contributed by atoms with E-state index in [4.69, 9.17) is 4.42 Å². The molecule has 0 saturated carbocycles. The van der Waals surface area contributed by atoms with Crippen LogP contribution in [0.15, 0.2) is 45.4 Å². The second-order valence-electron chi connectivity index (χ2n) is 7.17. The zero-order valence-electron chi connectivity index (χ0n) is 15.5. The molecule has 6 heteroatoms. The minimum Gasteiger partial charge on any atom is -0.403 e. The molecule has 0 radical (unpaired) electrons. The molecular formula is C20H24N4O2. The van der Waals surface area contributed by atoms with Crippen LogP contribution in [0.4, 0.5) is 0 Å². The molecule has 26 heavy (non-hydrogen) atoms. The summed E-state index contributed by atoms with van der Waals surface area (Å²) in [6.45, 7) is 4.58. The van der Waals surface area contributed by atoms with Crippen LogP contribution in [0.2, 0.25) is 0 Å². The number of aryl methyl sites for hydroxylation is 1. The summed E-state index contributed by atoms with van der Waals surface area (Å²) in [6.07, 6.45) is 5.14. The lowest BCUT2D eigenvalue weighted by Gasteiger charge is -2.28. The van der Waals surface area contributed by atoms with Crippen molar-refractivity contribution in [2.75, 3.05) is 33.7 Å². The third kappa shape index (κ3) is 2.90. The first-order valence-electron chi connectivity index (χ1n) is 9.01. The quantitative estimate of drug-likeness (QED) is 0.911. The molecule has 3 heterocycles. The number of fused-ring (bicyclic) bond motifs is 1. The van der Waals surface area contributed by atoms with Crippen LogP contribution in [0.5, 0.6) is 0 Å². The standard InChI is InChI=1S/C20H24N4O2/c1-13-6-4-8-16-17(13)20(25)26-19(22-16)15-7-5-10-21-18(15)24-11-9-14(12-24)23(2)3/h4-8,14,21H,9-12H2,1-3H3. The van der Waals surface area contributed by atoms with Crippen LogP contribution in [0.25, 0.3) is 16.5 Å². The second kappa shape index (κ2) is 6.61. The molecular weight excluding hydrogens is 328 g/mol. The first kappa shape index (κ1) is 16.8. The van der Waals surface area contributed by atoms with E-state index in [1.54, 1.807) is 0 Å². The highest BCUT2D eigenvalue weighted by molar-refractivity contribution is 5.82. The van der Waals surface area contributed by atoms with Crippen LogP contribution in [0.3, 0.4) is 0 Å². The van der Waals surface area contributed by atoms with Crippen molar-refractivity contribution in [1.29, 1.82) is 0 Å². The summed E-state index contributed by atoms with van der Waals surface area (Å²) < 4.78 is 5.62. The first-order valence-corrected chi connectivity index (χ1v) is 9.01. The molecule has 2 aliphatic heterocycles. The van der Waals surface area contributed by atoms with Crippen molar-refractivity contribution in [3.8, 4) is 0 Å². The van der Waals surface area contributed by atoms with Crippen LogP contribution in [0, 0.1) is 6.92 Å². The fraction of sp³-hybridized carbons (Fsp3) is 0.400. The van der Waals surface area contributed by atoms with Crippen LogP contribution in [0.1, 0.15) is 17.9 Å². The molecule has 136 valence electrons. The molecule has 1 aromatic carbocycles. The number of hydrogen-bond acceptors (Lipinski definition) is 6. The predicted molar refractivity (Wildman–Crippen MR) is 103 cm³/mol. The molecule has 1 saturated heterocycles. The average molecular weight is 352 g/mol. The van der Waals surface area contributed by atoms with Gasteiger partial charge in [-0.3, -0.25) is 0 Å². The van der Waals surface area contributed by atoms with Gasteiger partial charge in [0.05, 0.1) is 16.5 Å². The third-order valence-corrected chi connectivity index (χ3v) is 5.23. The molecule has 1 unspecified atom stereocenters. The van der Waals surface area contributed by atoms with E-state index in [9.17, 15) is 4.79 Å². The summed E-state index contributed by atoms with van der Waals surface area (Å²) in [5.74, 6) is 1.37. The van der Waals surface area contributed by atoms with Crippen molar-refractivity contribution in [3.63, 3.8) is 0 Å². The fourth-order valence-electron chi connectivity index (χ4n) is 3.72. The number of nitrogens with zero attached hydrogens (tertiary/aromatic N) is 3. The number of allylic oxidation sites excluding steroid dienone is 2. The molecule has 6 nitrogen and oxygen atoms in total. The lowest BCUT2D eigenvalue weighted by Crippen LogP contribution is -2.36. The molecule has 0 spiro atoms. The van der Waals surface area contributed by atoms with Gasteiger partial charge < -0.3 is 19.5 Å². The minimum atomic E-state index is -0.332. The normalized spacial score (nSPS) is 20.3. The second-order valence-corrected chi connectivity index (χ2v) is 7.17. The number of rotatable bonds is 3. The average Bonchev–Trinajstić information content (AvgIpc) is 3.12. The Balaban J connectivity index is 1.79. The number of likely N-dealkylation sites (tertiary alicyclic amines) is 1. The van der Waals surface area contributed by atoms with E-state index in [-0.39, 0.29) is 5.63 Å². The van der Waals surface area contributed by atoms with Gasteiger partial charge in [0.25, 0.3) is 0 Å². The van der Waals surface area contributed by atoms with Gasteiger partial charge in [-0.05, 0) is 45.1 Å². The third-order valence-electron chi connectivity index (χ3n) is 5.23. The van der Waals surface area contributed by atoms with Gasteiger partial charge >= 0.3 is 5.63 Å². The van der Waals surface area contributed by atoms with E-state index in [2.05, 4.69) is 34.2 Å². The van der Waals surface area contributed by atoms with Gasteiger partial charge in [-0.15, -0.1) is 0 Å². The molecule has 2 aliphatic rings. The van der Waals surface area contributed by atoms with Crippen molar-refractivity contribution in [3.05, 3.63) is 58.0 Å². The molecule has 0 bridgehead atoms. The van der Waals surface area contributed by atoms with Crippen molar-refractivity contribution >= 4 is 16.5 Å². The van der Waals surface area contributed by atoms with Gasteiger partial charge in [0.2, 0.25) is 5.89 Å². The Kier molecular flexibility index (Phi) is 4.28. The first-order chi connectivity index (χ1) is 12.5. The van der Waals surface area contributed by atoms with Crippen LogP contribution in [-0.4, -0.2) is 54.6 Å². The van der Waals surface area contributed by atoms with E-state index in [0.717, 1.165) is 43.0 Å². The maximum absolute atomic E-state index is 12.5. The van der Waals surface area contributed by atoms with Gasteiger partial charge in [-0.2, -0.15) is 0 Å². The summed E-state index contributed by atoms with van der Waals surface area (Å²) in [6, 6.07) is 6.20. The number of hydrogen-bond donors (Lipinski definition) is 1. The van der Waals surface area contributed by atoms with E-state index in [0.29, 0.717) is 22.8 Å².